The number of nitrogens with one attached hydrogen (secondary N) is 4. The van der Waals surface area contributed by atoms with Crippen LogP contribution in [0.4, 0.5) is 10.6 Å². The summed E-state index contributed by atoms with van der Waals surface area (Å²) >= 11 is 3.15. The Morgan fingerprint density at radius 1 is 1.15 bits per heavy atom. The van der Waals surface area contributed by atoms with Crippen LogP contribution in [0.3, 0.4) is 0 Å². The summed E-state index contributed by atoms with van der Waals surface area (Å²) in [5, 5.41) is 42.2. The smallest absolute Gasteiger partial charge is 0.326 e. The highest BCUT2D eigenvalue weighted by molar-refractivity contribution is 8.00. The molecule has 5 rings (SSSR count). The van der Waals surface area contributed by atoms with Gasteiger partial charge in [-0.3, -0.25) is 14.2 Å². The lowest BCUT2D eigenvalue weighted by Gasteiger charge is -2.17. The topological polar surface area (TPSA) is 256 Å². The SMILES string of the molecule is Nc1ncnc2c1ncn2C1O[C@H](CSCC[C@H](NC(=O)CCNC(=O)CCCCC2SC[C@@H]3NC(=O)N[C@H]23)C(=O)O)[C@@H](O)[C@H]1O. The molecule has 8 atom stereocenters. The maximum absolute atomic E-state index is 12.4. The van der Waals surface area contributed by atoms with Crippen molar-refractivity contribution in [3.05, 3.63) is 12.7 Å². The molecule has 3 saturated heterocycles. The van der Waals surface area contributed by atoms with Crippen LogP contribution < -0.4 is 27.0 Å². The minimum absolute atomic E-state index is 0.0575. The minimum Gasteiger partial charge on any atom is -0.480 e. The van der Waals surface area contributed by atoms with Gasteiger partial charge in [0.2, 0.25) is 11.8 Å². The van der Waals surface area contributed by atoms with E-state index < -0.39 is 42.5 Å². The quantitative estimate of drug-likeness (QED) is 0.0778. The minimum atomic E-state index is -1.26. The number of nitrogens with two attached hydrogens (primary N) is 1. The standard InChI is InChI=1S/C27H39N9O8S2/c28-23-20-24(31-11-30-23)36(12-32-20)25-22(40)21(39)15(44-25)10-45-8-6-13(26(41)42)33-18(38)5-7-29-17(37)4-2-1-3-16-19-14(9-46-16)34-27(43)35-19/h11-16,19,21-22,25,39-40H,1-10H2,(H,29,37)(H,33,38)(H,41,42)(H2,28,30,31)(H2,34,35,43)/t13-,14-,15+,16?,19-,21+,22+,25?/m0/s1. The van der Waals surface area contributed by atoms with Crippen molar-refractivity contribution in [3.8, 4) is 0 Å². The summed E-state index contributed by atoms with van der Waals surface area (Å²) in [6.07, 6.45) is 1.35. The van der Waals surface area contributed by atoms with E-state index in [1.807, 2.05) is 11.8 Å². The molecule has 17 nitrogen and oxygen atoms in total. The number of aliphatic carboxylic acids is 1. The molecule has 3 aliphatic rings. The highest BCUT2D eigenvalue weighted by atomic mass is 32.2. The zero-order valence-electron chi connectivity index (χ0n) is 24.9. The van der Waals surface area contributed by atoms with Gasteiger partial charge in [-0.05, 0) is 25.0 Å². The number of hydrogen-bond donors (Lipinski definition) is 8. The Hall–Kier alpha value is -3.39. The van der Waals surface area contributed by atoms with Crippen molar-refractivity contribution in [1.82, 2.24) is 40.8 Å². The molecule has 2 unspecified atom stereocenters. The molecule has 0 radical (unpaired) electrons. The molecule has 2 aromatic heterocycles. The van der Waals surface area contributed by atoms with Crippen molar-refractivity contribution in [1.29, 1.82) is 0 Å². The molecule has 3 fully saturated rings. The van der Waals surface area contributed by atoms with Gasteiger partial charge in [-0.15, -0.1) is 0 Å². The first-order valence-corrected chi connectivity index (χ1v) is 17.3. The number of aromatic nitrogens is 4. The number of ether oxygens (including phenoxy) is 1. The third-order valence-corrected chi connectivity index (χ3v) is 10.8. The predicted molar refractivity (Wildman–Crippen MR) is 169 cm³/mol. The van der Waals surface area contributed by atoms with Crippen molar-refractivity contribution in [2.24, 2.45) is 0 Å². The first kappa shape index (κ1) is 34.0. The third kappa shape index (κ3) is 8.11. The number of imidazole rings is 1. The second-order valence-corrected chi connectivity index (χ2v) is 13.8. The normalized spacial score (nSPS) is 27.6. The monoisotopic (exact) mass is 681 g/mol. The van der Waals surface area contributed by atoms with E-state index in [0.717, 1.165) is 18.6 Å². The van der Waals surface area contributed by atoms with Gasteiger partial charge in [-0.1, -0.05) is 6.42 Å². The molecule has 0 bridgehead atoms. The maximum Gasteiger partial charge on any atom is 0.326 e. The summed E-state index contributed by atoms with van der Waals surface area (Å²) in [6.45, 7) is 0.0942. The summed E-state index contributed by atoms with van der Waals surface area (Å²) in [4.78, 5) is 60.0. The number of amides is 4. The Labute approximate surface area is 272 Å². The number of carboxylic acid groups (broad SMARTS) is 1. The van der Waals surface area contributed by atoms with Gasteiger partial charge in [0, 0.05) is 36.1 Å². The predicted octanol–water partition coefficient (Wildman–Crippen LogP) is -1.05. The Morgan fingerprint density at radius 3 is 2.78 bits per heavy atom. The van der Waals surface area contributed by atoms with Crippen LogP contribution in [-0.4, -0.2) is 124 Å². The molecule has 46 heavy (non-hydrogen) atoms. The highest BCUT2D eigenvalue weighted by Gasteiger charge is 2.44. The first-order chi connectivity index (χ1) is 22.1. The molecular weight excluding hydrogens is 642 g/mol. The molecule has 4 amide bonds. The highest BCUT2D eigenvalue weighted by Crippen LogP contribution is 2.34. The van der Waals surface area contributed by atoms with E-state index in [1.165, 1.54) is 29.0 Å². The van der Waals surface area contributed by atoms with Crippen LogP contribution in [0.15, 0.2) is 12.7 Å². The molecular formula is C27H39N9O8S2. The number of nitrogens with zero attached hydrogens (tertiary/aromatic N) is 4. The first-order valence-electron chi connectivity index (χ1n) is 15.1. The lowest BCUT2D eigenvalue weighted by atomic mass is 10.0. The molecule has 9 N–H and O–H groups in total. The molecule has 3 aliphatic heterocycles. The van der Waals surface area contributed by atoms with Gasteiger partial charge in [0.1, 0.15) is 30.1 Å². The van der Waals surface area contributed by atoms with Gasteiger partial charge in [0.25, 0.3) is 0 Å². The Morgan fingerprint density at radius 2 is 1.98 bits per heavy atom. The van der Waals surface area contributed by atoms with E-state index >= 15 is 0 Å². The summed E-state index contributed by atoms with van der Waals surface area (Å²) in [7, 11) is 0. The van der Waals surface area contributed by atoms with E-state index in [9.17, 15) is 34.5 Å². The summed E-state index contributed by atoms with van der Waals surface area (Å²) in [6, 6.07) is -0.930. The summed E-state index contributed by atoms with van der Waals surface area (Å²) in [5.41, 5.74) is 6.52. The third-order valence-electron chi connectivity index (χ3n) is 8.22. The van der Waals surface area contributed by atoms with Crippen molar-refractivity contribution < 1.29 is 39.2 Å². The number of thioether (sulfide) groups is 2. The zero-order chi connectivity index (χ0) is 32.8. The molecule has 19 heteroatoms. The van der Waals surface area contributed by atoms with Crippen molar-refractivity contribution in [2.45, 2.75) is 86.4 Å². The largest absolute Gasteiger partial charge is 0.480 e. The number of hydrogen-bond acceptors (Lipinski definition) is 13. The van der Waals surface area contributed by atoms with E-state index in [2.05, 4.69) is 36.2 Å². The zero-order valence-corrected chi connectivity index (χ0v) is 26.5. The fraction of sp³-hybridized carbons (Fsp3) is 0.667. The number of carboxylic acids is 1. The Balaban J connectivity index is 0.952. The Bertz CT molecular complexity index is 1420. The van der Waals surface area contributed by atoms with Gasteiger partial charge < -0.3 is 47.1 Å². The van der Waals surface area contributed by atoms with Gasteiger partial charge in [-0.25, -0.2) is 24.5 Å². The lowest BCUT2D eigenvalue weighted by molar-refractivity contribution is -0.141. The number of rotatable bonds is 16. The Kier molecular flexibility index (Phi) is 11.4. The molecule has 252 valence electrons. The average Bonchev–Trinajstić information content (AvgIpc) is 3.77. The van der Waals surface area contributed by atoms with Gasteiger partial charge >= 0.3 is 12.0 Å². The van der Waals surface area contributed by atoms with Crippen LogP contribution in [0.1, 0.15) is 44.8 Å². The van der Waals surface area contributed by atoms with E-state index in [0.29, 0.717) is 35.0 Å². The number of urea groups is 1. The number of nitrogen functional groups attached to an aromatic ring is 1. The number of aliphatic hydroxyl groups is 2. The fourth-order valence-corrected chi connectivity index (χ4v) is 8.38. The summed E-state index contributed by atoms with van der Waals surface area (Å²) < 4.78 is 7.37. The van der Waals surface area contributed by atoms with Crippen LogP contribution in [0.5, 0.6) is 0 Å². The molecule has 5 heterocycles. The average molecular weight is 682 g/mol. The van der Waals surface area contributed by atoms with Crippen LogP contribution in [-0.2, 0) is 19.1 Å². The van der Waals surface area contributed by atoms with Crippen LogP contribution in [0.2, 0.25) is 0 Å². The van der Waals surface area contributed by atoms with Gasteiger partial charge in [0.15, 0.2) is 17.7 Å². The van der Waals surface area contributed by atoms with Crippen molar-refractivity contribution >= 4 is 64.3 Å². The molecule has 2 aromatic rings. The number of carbonyl (C=O) groups is 4. The summed E-state index contributed by atoms with van der Waals surface area (Å²) in [5.74, 6) is -0.180. The second-order valence-electron chi connectivity index (χ2n) is 11.4. The molecule has 0 spiro atoms. The molecule has 0 aromatic carbocycles. The van der Waals surface area contributed by atoms with Crippen molar-refractivity contribution in [3.63, 3.8) is 0 Å². The van der Waals surface area contributed by atoms with E-state index in [1.54, 1.807) is 0 Å². The molecule has 0 aliphatic carbocycles. The molecule has 0 saturated carbocycles. The van der Waals surface area contributed by atoms with Crippen LogP contribution in [0.25, 0.3) is 11.2 Å². The van der Waals surface area contributed by atoms with Crippen LogP contribution in [0, 0.1) is 0 Å². The number of fused-ring (bicyclic) bond motifs is 2. The fourth-order valence-electron chi connectivity index (χ4n) is 5.76. The van der Waals surface area contributed by atoms with E-state index in [-0.39, 0.29) is 55.0 Å². The number of carbonyl (C=O) groups excluding carboxylic acids is 3. The second kappa shape index (κ2) is 15.5. The van der Waals surface area contributed by atoms with Crippen LogP contribution >= 0.6 is 23.5 Å². The van der Waals surface area contributed by atoms with Crippen molar-refractivity contribution in [2.75, 3.05) is 29.5 Å². The number of unbranched alkanes of at least 4 members (excludes halogenated alkanes) is 1. The maximum atomic E-state index is 12.4. The van der Waals surface area contributed by atoms with Gasteiger partial charge in [0.05, 0.1) is 24.5 Å². The lowest BCUT2D eigenvalue weighted by Crippen LogP contribution is -2.42. The number of anilines is 1. The van der Waals surface area contributed by atoms with Gasteiger partial charge in [-0.2, -0.15) is 23.5 Å². The number of aliphatic hydroxyl groups excluding tert-OH is 2. The van der Waals surface area contributed by atoms with E-state index in [4.69, 9.17) is 10.5 Å².